The maximum atomic E-state index is 12.5. The Hall–Kier alpha value is -1.64. The molecule has 0 aromatic heterocycles. The summed E-state index contributed by atoms with van der Waals surface area (Å²) in [7, 11) is -1.62. The van der Waals surface area contributed by atoms with Crippen LogP contribution in [-0.4, -0.2) is 55.7 Å². The number of amides is 1. The number of carbonyl (C=O) groups is 1. The average molecular weight is 384 g/mol. The molecule has 1 amide bonds. The number of aliphatic hydroxyl groups excluding tert-OH is 1. The normalized spacial score (nSPS) is 18.9. The lowest BCUT2D eigenvalue weighted by atomic mass is 9.96. The first kappa shape index (κ1) is 20.7. The van der Waals surface area contributed by atoms with Gasteiger partial charge >= 0.3 is 0 Å². The van der Waals surface area contributed by atoms with Crippen LogP contribution in [0.2, 0.25) is 0 Å². The van der Waals surface area contributed by atoms with Crippen molar-refractivity contribution in [2.75, 3.05) is 26.0 Å². The first-order chi connectivity index (χ1) is 12.3. The fourth-order valence-corrected chi connectivity index (χ4v) is 4.22. The molecule has 146 valence electrons. The molecule has 1 saturated heterocycles. The quantitative estimate of drug-likeness (QED) is 0.739. The van der Waals surface area contributed by atoms with Crippen LogP contribution in [0.4, 0.5) is 0 Å². The van der Waals surface area contributed by atoms with Crippen LogP contribution in [0.15, 0.2) is 24.3 Å². The highest BCUT2D eigenvalue weighted by Gasteiger charge is 2.31. The van der Waals surface area contributed by atoms with Gasteiger partial charge < -0.3 is 15.2 Å². The van der Waals surface area contributed by atoms with E-state index in [1.807, 2.05) is 0 Å². The van der Waals surface area contributed by atoms with Crippen LogP contribution < -0.4 is 10.1 Å². The van der Waals surface area contributed by atoms with Crippen molar-refractivity contribution in [3.63, 3.8) is 0 Å². The number of nitrogens with one attached hydrogen (secondary N) is 1. The number of aliphatic hydroxyl groups is 1. The molecule has 0 aliphatic carbocycles. The number of ether oxygens (including phenoxy) is 1. The summed E-state index contributed by atoms with van der Waals surface area (Å²) >= 11 is 0. The summed E-state index contributed by atoms with van der Waals surface area (Å²) in [6.07, 6.45) is 0.165. The van der Waals surface area contributed by atoms with E-state index >= 15 is 0 Å². The minimum absolute atomic E-state index is 0.0783. The highest BCUT2D eigenvalue weighted by atomic mass is 32.2. The molecule has 1 fully saturated rings. The van der Waals surface area contributed by atoms with Crippen molar-refractivity contribution < 1.29 is 23.1 Å². The minimum atomic E-state index is -3.20. The summed E-state index contributed by atoms with van der Waals surface area (Å²) in [5.41, 5.74) is 0.697. The van der Waals surface area contributed by atoms with Crippen LogP contribution in [0.3, 0.4) is 0 Å². The first-order valence-corrected chi connectivity index (χ1v) is 10.5. The Kier molecular flexibility index (Phi) is 7.02. The topological polar surface area (TPSA) is 95.9 Å². The Morgan fingerprint density at radius 3 is 2.38 bits per heavy atom. The summed E-state index contributed by atoms with van der Waals surface area (Å²) < 4.78 is 30.3. The third kappa shape index (κ3) is 4.96. The molecule has 8 heteroatoms. The fourth-order valence-electron chi connectivity index (χ4n) is 3.09. The van der Waals surface area contributed by atoms with E-state index in [-0.39, 0.29) is 17.6 Å². The van der Waals surface area contributed by atoms with Crippen LogP contribution in [0.1, 0.15) is 38.4 Å². The van der Waals surface area contributed by atoms with Gasteiger partial charge in [0.25, 0.3) is 0 Å². The van der Waals surface area contributed by atoms with Gasteiger partial charge in [0.15, 0.2) is 0 Å². The predicted octanol–water partition coefficient (Wildman–Crippen LogP) is 1.30. The van der Waals surface area contributed by atoms with E-state index in [2.05, 4.69) is 5.32 Å². The van der Waals surface area contributed by atoms with Crippen molar-refractivity contribution in [3.8, 4) is 5.75 Å². The van der Waals surface area contributed by atoms with Gasteiger partial charge in [0, 0.05) is 19.0 Å². The van der Waals surface area contributed by atoms with Gasteiger partial charge in [-0.05, 0) is 44.4 Å². The van der Waals surface area contributed by atoms with Crippen LogP contribution >= 0.6 is 0 Å². The number of nitrogens with zero attached hydrogens (tertiary/aromatic N) is 1. The van der Waals surface area contributed by atoms with E-state index in [0.717, 1.165) is 0 Å². The van der Waals surface area contributed by atoms with Crippen LogP contribution in [0.5, 0.6) is 5.75 Å². The van der Waals surface area contributed by atoms with Gasteiger partial charge in [-0.15, -0.1) is 0 Å². The second-order valence-corrected chi connectivity index (χ2v) is 8.85. The van der Waals surface area contributed by atoms with Crippen molar-refractivity contribution in [3.05, 3.63) is 29.8 Å². The molecule has 2 atom stereocenters. The van der Waals surface area contributed by atoms with Gasteiger partial charge in [-0.1, -0.05) is 12.1 Å². The van der Waals surface area contributed by atoms with Crippen LogP contribution in [0, 0.1) is 5.92 Å². The molecule has 2 rings (SSSR count). The zero-order valence-electron chi connectivity index (χ0n) is 15.5. The molecule has 2 N–H and O–H groups in total. The maximum Gasteiger partial charge on any atom is 0.223 e. The number of hydrogen-bond donors (Lipinski definition) is 2. The molecule has 7 nitrogen and oxygen atoms in total. The molecular weight excluding hydrogens is 356 g/mol. The Balaban J connectivity index is 1.88. The van der Waals surface area contributed by atoms with E-state index in [0.29, 0.717) is 37.2 Å². The second kappa shape index (κ2) is 8.83. The van der Waals surface area contributed by atoms with Crippen LogP contribution in [0.25, 0.3) is 0 Å². The number of sulfonamides is 1. The molecule has 1 aliphatic rings. The molecule has 1 heterocycles. The number of methoxy groups -OCH3 is 1. The Bertz CT molecular complexity index is 697. The third-order valence-electron chi connectivity index (χ3n) is 4.88. The zero-order valence-corrected chi connectivity index (χ0v) is 16.3. The van der Waals surface area contributed by atoms with Crippen molar-refractivity contribution in [1.82, 2.24) is 9.62 Å². The molecule has 0 spiro atoms. The lowest BCUT2D eigenvalue weighted by Gasteiger charge is -2.31. The molecule has 26 heavy (non-hydrogen) atoms. The van der Waals surface area contributed by atoms with Crippen molar-refractivity contribution in [2.45, 2.75) is 38.8 Å². The molecule has 0 unspecified atom stereocenters. The number of hydrogen-bond acceptors (Lipinski definition) is 5. The Labute approximate surface area is 155 Å². The van der Waals surface area contributed by atoms with Gasteiger partial charge in [-0.25, -0.2) is 12.7 Å². The number of benzene rings is 1. The first-order valence-electron chi connectivity index (χ1n) is 8.88. The van der Waals surface area contributed by atoms with Crippen molar-refractivity contribution >= 4 is 15.9 Å². The lowest BCUT2D eigenvalue weighted by molar-refractivity contribution is -0.127. The monoisotopic (exact) mass is 384 g/mol. The van der Waals surface area contributed by atoms with Gasteiger partial charge in [0.05, 0.1) is 25.0 Å². The Morgan fingerprint density at radius 1 is 1.31 bits per heavy atom. The smallest absolute Gasteiger partial charge is 0.223 e. The predicted molar refractivity (Wildman–Crippen MR) is 99.3 cm³/mol. The summed E-state index contributed by atoms with van der Waals surface area (Å²) in [5, 5.41) is 13.3. The van der Waals surface area contributed by atoms with E-state index in [9.17, 15) is 18.3 Å². The standard InChI is InChI=1S/C18H28N2O5S/c1-4-26(23,24)20-11-9-15(10-12-20)18(22)19-13(2)17(21)14-5-7-16(25-3)8-6-14/h5-8,13,15,17,21H,4,9-12H2,1-3H3,(H,19,22)/t13-,17-/m1/s1. The molecular formula is C18H28N2O5S. The fraction of sp³-hybridized carbons (Fsp3) is 0.611. The number of carbonyl (C=O) groups excluding carboxylic acids is 1. The summed E-state index contributed by atoms with van der Waals surface area (Å²) in [5.74, 6) is 0.406. The van der Waals surface area contributed by atoms with E-state index in [1.54, 1.807) is 45.2 Å². The highest BCUT2D eigenvalue weighted by Crippen LogP contribution is 2.23. The van der Waals surface area contributed by atoms with Crippen molar-refractivity contribution in [2.24, 2.45) is 5.92 Å². The molecule has 0 saturated carbocycles. The number of rotatable bonds is 7. The lowest BCUT2D eigenvalue weighted by Crippen LogP contribution is -2.46. The minimum Gasteiger partial charge on any atom is -0.497 e. The molecule has 1 aliphatic heterocycles. The van der Waals surface area contributed by atoms with Gasteiger partial charge in [-0.2, -0.15) is 0 Å². The number of piperidine rings is 1. The van der Waals surface area contributed by atoms with Gasteiger partial charge in [0.1, 0.15) is 5.75 Å². The van der Waals surface area contributed by atoms with Gasteiger partial charge in [-0.3, -0.25) is 4.79 Å². The van der Waals surface area contributed by atoms with E-state index in [4.69, 9.17) is 4.74 Å². The SMILES string of the molecule is CCS(=O)(=O)N1CCC(C(=O)N[C@H](C)[C@@H](O)c2ccc(OC)cc2)CC1. The molecule has 0 bridgehead atoms. The Morgan fingerprint density at radius 2 is 1.88 bits per heavy atom. The van der Waals surface area contributed by atoms with Gasteiger partial charge in [0.2, 0.25) is 15.9 Å². The second-order valence-electron chi connectivity index (χ2n) is 6.59. The summed E-state index contributed by atoms with van der Waals surface area (Å²) in [6.45, 7) is 4.10. The average Bonchev–Trinajstić information content (AvgIpc) is 2.67. The molecule has 1 aromatic carbocycles. The summed E-state index contributed by atoms with van der Waals surface area (Å²) in [4.78, 5) is 12.5. The third-order valence-corrected chi connectivity index (χ3v) is 6.77. The highest BCUT2D eigenvalue weighted by molar-refractivity contribution is 7.89. The molecule has 0 radical (unpaired) electrons. The largest absolute Gasteiger partial charge is 0.497 e. The molecule has 1 aromatic rings. The maximum absolute atomic E-state index is 12.5. The van der Waals surface area contributed by atoms with Crippen LogP contribution in [-0.2, 0) is 14.8 Å². The van der Waals surface area contributed by atoms with E-state index < -0.39 is 22.2 Å². The van der Waals surface area contributed by atoms with E-state index in [1.165, 1.54) is 4.31 Å². The van der Waals surface area contributed by atoms with Crippen molar-refractivity contribution in [1.29, 1.82) is 0 Å². The summed E-state index contributed by atoms with van der Waals surface area (Å²) in [6, 6.07) is 6.60. The zero-order chi connectivity index (χ0) is 19.3.